The fourth-order valence-corrected chi connectivity index (χ4v) is 7.11. The molecule has 2 atom stereocenters. The first-order chi connectivity index (χ1) is 29.6. The average molecular weight is 843 g/mol. The number of nitrogens with one attached hydrogen (secondary N) is 1. The number of halogens is 3. The molecular formula is C54H61F3N2O3. The summed E-state index contributed by atoms with van der Waals surface area (Å²) >= 11 is 0. The van der Waals surface area contributed by atoms with Crippen molar-refractivity contribution >= 4 is 11.9 Å². The number of aryl methyl sites for hydroxylation is 3. The Morgan fingerprint density at radius 3 is 1.50 bits per heavy atom. The van der Waals surface area contributed by atoms with E-state index in [9.17, 15) is 22.8 Å². The maximum absolute atomic E-state index is 13.2. The minimum absolute atomic E-state index is 0.0189. The predicted molar refractivity (Wildman–Crippen MR) is 248 cm³/mol. The molecule has 0 heterocycles. The number of carboxylic acid groups (broad SMARTS) is 1. The number of carbonyl (C=O) groups excluding carboxylic acids is 1. The Kier molecular flexibility index (Phi) is 18.7. The molecule has 2 N–H and O–H groups in total. The van der Waals surface area contributed by atoms with Crippen LogP contribution in [0.1, 0.15) is 97.1 Å². The highest BCUT2D eigenvalue weighted by atomic mass is 19.4. The zero-order chi connectivity index (χ0) is 45.2. The standard InChI is InChI=1S/C27H31NO.C18H23N.C9H7F3O2/c1-5-18-28(27(29)19-23-14-10-20(2)11-15-23)22(4)25-8-6-7-9-26(25)24-16-12-21(3)13-17-24;1-4-13-19-15(3)17-7-5-6-8-18(17)16-11-9-14(2)10-12-16;10-9(11,12)7-3-1-6(2-4-7)5-8(13)14/h6-17,22H,5,18-19H2,1-4H3;5-12,15,19H,4,13H2,1-3H3;1-4H,5H2,(H,13,14). The van der Waals surface area contributed by atoms with Crippen LogP contribution in [-0.2, 0) is 28.6 Å². The molecule has 5 nitrogen and oxygen atoms in total. The van der Waals surface area contributed by atoms with Crippen molar-refractivity contribution in [3.05, 3.63) is 190 Å². The number of hydrogen-bond acceptors (Lipinski definition) is 3. The molecule has 6 aromatic rings. The molecule has 62 heavy (non-hydrogen) atoms. The average Bonchev–Trinajstić information content (AvgIpc) is 3.26. The van der Waals surface area contributed by atoms with Crippen molar-refractivity contribution in [2.75, 3.05) is 13.1 Å². The summed E-state index contributed by atoms with van der Waals surface area (Å²) in [6.45, 7) is 16.8. The molecule has 326 valence electrons. The molecule has 1 amide bonds. The third kappa shape index (κ3) is 14.9. The van der Waals surface area contributed by atoms with Crippen molar-refractivity contribution < 1.29 is 27.9 Å². The predicted octanol–water partition coefficient (Wildman–Crippen LogP) is 13.6. The first kappa shape index (κ1) is 48.7. The number of carbonyl (C=O) groups is 2. The molecular weight excluding hydrogens is 782 g/mol. The van der Waals surface area contributed by atoms with Gasteiger partial charge in [0, 0.05) is 12.6 Å². The highest BCUT2D eigenvalue weighted by Crippen LogP contribution is 2.33. The van der Waals surface area contributed by atoms with E-state index in [0.717, 1.165) is 55.8 Å². The van der Waals surface area contributed by atoms with E-state index >= 15 is 0 Å². The third-order valence-corrected chi connectivity index (χ3v) is 10.6. The first-order valence-corrected chi connectivity index (χ1v) is 21.4. The molecule has 0 fully saturated rings. The summed E-state index contributed by atoms with van der Waals surface area (Å²) in [6, 6.07) is 47.3. The number of benzene rings is 6. The van der Waals surface area contributed by atoms with Crippen molar-refractivity contribution in [3.8, 4) is 22.3 Å². The van der Waals surface area contributed by atoms with Gasteiger partial charge >= 0.3 is 12.1 Å². The van der Waals surface area contributed by atoms with Gasteiger partial charge in [-0.1, -0.05) is 164 Å². The van der Waals surface area contributed by atoms with Crippen LogP contribution in [0, 0.1) is 20.8 Å². The Morgan fingerprint density at radius 1 is 0.597 bits per heavy atom. The molecule has 0 spiro atoms. The van der Waals surface area contributed by atoms with Gasteiger partial charge < -0.3 is 15.3 Å². The Labute approximate surface area is 366 Å². The first-order valence-electron chi connectivity index (χ1n) is 21.4. The molecule has 6 aromatic carbocycles. The minimum Gasteiger partial charge on any atom is -0.481 e. The van der Waals surface area contributed by atoms with Crippen molar-refractivity contribution in [3.63, 3.8) is 0 Å². The van der Waals surface area contributed by atoms with Crippen LogP contribution in [0.25, 0.3) is 22.3 Å². The summed E-state index contributed by atoms with van der Waals surface area (Å²) < 4.78 is 36.2. The van der Waals surface area contributed by atoms with E-state index in [-0.39, 0.29) is 18.4 Å². The molecule has 0 saturated carbocycles. The van der Waals surface area contributed by atoms with E-state index in [1.807, 2.05) is 4.90 Å². The Hall–Kier alpha value is -5.99. The molecule has 0 aromatic heterocycles. The van der Waals surface area contributed by atoms with Crippen LogP contribution in [-0.4, -0.2) is 35.0 Å². The third-order valence-electron chi connectivity index (χ3n) is 10.6. The summed E-state index contributed by atoms with van der Waals surface area (Å²) in [5.74, 6) is -0.883. The van der Waals surface area contributed by atoms with E-state index in [2.05, 4.69) is 175 Å². The molecule has 0 radical (unpaired) electrons. The number of aliphatic carboxylic acids is 1. The Morgan fingerprint density at radius 2 is 1.03 bits per heavy atom. The van der Waals surface area contributed by atoms with Crippen LogP contribution >= 0.6 is 0 Å². The highest BCUT2D eigenvalue weighted by molar-refractivity contribution is 5.80. The van der Waals surface area contributed by atoms with E-state index in [0.29, 0.717) is 18.0 Å². The van der Waals surface area contributed by atoms with Gasteiger partial charge in [-0.2, -0.15) is 13.2 Å². The summed E-state index contributed by atoms with van der Waals surface area (Å²) in [5.41, 5.74) is 12.0. The topological polar surface area (TPSA) is 69.6 Å². The summed E-state index contributed by atoms with van der Waals surface area (Å²) in [4.78, 5) is 25.5. The van der Waals surface area contributed by atoms with Crippen LogP contribution in [0.15, 0.2) is 146 Å². The molecule has 0 bridgehead atoms. The number of rotatable bonds is 14. The van der Waals surface area contributed by atoms with E-state index < -0.39 is 17.7 Å². The van der Waals surface area contributed by atoms with Gasteiger partial charge in [0.2, 0.25) is 5.91 Å². The van der Waals surface area contributed by atoms with Gasteiger partial charge in [0.15, 0.2) is 0 Å². The maximum atomic E-state index is 13.2. The highest BCUT2D eigenvalue weighted by Gasteiger charge is 2.30. The number of amides is 1. The van der Waals surface area contributed by atoms with Crippen molar-refractivity contribution in [2.45, 2.75) is 92.4 Å². The van der Waals surface area contributed by atoms with Gasteiger partial charge in [-0.25, -0.2) is 0 Å². The molecule has 0 aliphatic carbocycles. The van der Waals surface area contributed by atoms with Gasteiger partial charge in [-0.05, 0) is 111 Å². The van der Waals surface area contributed by atoms with E-state index in [4.69, 9.17) is 5.11 Å². The molecule has 6 rings (SSSR count). The van der Waals surface area contributed by atoms with Crippen LogP contribution in [0.4, 0.5) is 13.2 Å². The van der Waals surface area contributed by atoms with Crippen molar-refractivity contribution in [1.82, 2.24) is 10.2 Å². The fraction of sp³-hybridized carbons (Fsp3) is 0.296. The second-order valence-electron chi connectivity index (χ2n) is 15.8. The fourth-order valence-electron chi connectivity index (χ4n) is 7.11. The number of alkyl halides is 3. The lowest BCUT2D eigenvalue weighted by Crippen LogP contribution is -2.35. The smallest absolute Gasteiger partial charge is 0.416 e. The monoisotopic (exact) mass is 842 g/mol. The van der Waals surface area contributed by atoms with E-state index in [1.54, 1.807) is 0 Å². The van der Waals surface area contributed by atoms with Gasteiger partial charge in [0.05, 0.1) is 24.4 Å². The molecule has 0 aliphatic heterocycles. The van der Waals surface area contributed by atoms with Crippen LogP contribution in [0.5, 0.6) is 0 Å². The zero-order valence-electron chi connectivity index (χ0n) is 37.1. The zero-order valence-corrected chi connectivity index (χ0v) is 37.1. The summed E-state index contributed by atoms with van der Waals surface area (Å²) in [6.07, 6.45) is -2.09. The van der Waals surface area contributed by atoms with Crippen LogP contribution < -0.4 is 5.32 Å². The van der Waals surface area contributed by atoms with Gasteiger partial charge in [-0.3, -0.25) is 9.59 Å². The molecule has 2 unspecified atom stereocenters. The van der Waals surface area contributed by atoms with Gasteiger partial charge in [0.25, 0.3) is 0 Å². The van der Waals surface area contributed by atoms with Crippen molar-refractivity contribution in [2.24, 2.45) is 0 Å². The molecule has 0 aliphatic rings. The lowest BCUT2D eigenvalue weighted by atomic mass is 9.94. The molecule has 0 saturated heterocycles. The quantitative estimate of drug-likeness (QED) is 0.115. The second kappa shape index (κ2) is 23.9. The minimum atomic E-state index is -4.37. The summed E-state index contributed by atoms with van der Waals surface area (Å²) in [7, 11) is 0. The SMILES string of the molecule is CCCN(C(=O)Cc1ccc(C)cc1)C(C)c1ccccc1-c1ccc(C)cc1.CCCNC(C)c1ccccc1-c1ccc(C)cc1.O=C(O)Cc1ccc(C(F)(F)F)cc1. The van der Waals surface area contributed by atoms with Gasteiger partial charge in [0.1, 0.15) is 0 Å². The number of nitrogens with zero attached hydrogens (tertiary/aromatic N) is 1. The summed E-state index contributed by atoms with van der Waals surface area (Å²) in [5, 5.41) is 11.9. The lowest BCUT2D eigenvalue weighted by Gasteiger charge is -2.31. The maximum Gasteiger partial charge on any atom is 0.416 e. The Bertz CT molecular complexity index is 2290. The molecule has 8 heteroatoms. The lowest BCUT2D eigenvalue weighted by molar-refractivity contribution is -0.137. The number of carboxylic acids is 1. The van der Waals surface area contributed by atoms with E-state index in [1.165, 1.54) is 50.1 Å². The Balaban J connectivity index is 0.000000221. The van der Waals surface area contributed by atoms with Crippen LogP contribution in [0.2, 0.25) is 0 Å². The largest absolute Gasteiger partial charge is 0.481 e. The number of hydrogen-bond donors (Lipinski definition) is 2. The second-order valence-corrected chi connectivity index (χ2v) is 15.8. The van der Waals surface area contributed by atoms with Crippen LogP contribution in [0.3, 0.4) is 0 Å². The van der Waals surface area contributed by atoms with Crippen molar-refractivity contribution in [1.29, 1.82) is 0 Å². The normalized spacial score (nSPS) is 11.9. The van der Waals surface area contributed by atoms with Gasteiger partial charge in [-0.15, -0.1) is 0 Å².